The number of amides is 1. The summed E-state index contributed by atoms with van der Waals surface area (Å²) in [6.07, 6.45) is 2.13. The standard InChI is InChI=1S/C15H16N4O2/c1-19-8-2-3-10-9-11(4-6-13(10)19)16-15(21)12-5-7-14(20)18-17-12/h4-7,9H,2-3,8H2,1H3,(H,16,21)(H,18,20). The van der Waals surface area contributed by atoms with E-state index in [1.54, 1.807) is 0 Å². The van der Waals surface area contributed by atoms with Crippen molar-refractivity contribution in [3.8, 4) is 0 Å². The van der Waals surface area contributed by atoms with Gasteiger partial charge in [-0.25, -0.2) is 5.10 Å². The molecule has 1 aromatic carbocycles. The van der Waals surface area contributed by atoms with E-state index in [2.05, 4.69) is 27.5 Å². The molecule has 0 unspecified atom stereocenters. The molecule has 108 valence electrons. The minimum atomic E-state index is -0.338. The van der Waals surface area contributed by atoms with Crippen LogP contribution >= 0.6 is 0 Å². The van der Waals surface area contributed by atoms with Crippen molar-refractivity contribution < 1.29 is 4.79 Å². The highest BCUT2D eigenvalue weighted by molar-refractivity contribution is 6.02. The lowest BCUT2D eigenvalue weighted by molar-refractivity contribution is 0.102. The molecule has 3 rings (SSSR count). The molecular weight excluding hydrogens is 268 g/mol. The molecule has 2 N–H and O–H groups in total. The molecule has 1 aliphatic rings. The van der Waals surface area contributed by atoms with Crippen LogP contribution in [0.25, 0.3) is 0 Å². The van der Waals surface area contributed by atoms with Crippen LogP contribution in [0.2, 0.25) is 0 Å². The summed E-state index contributed by atoms with van der Waals surface area (Å²) in [7, 11) is 2.07. The molecule has 21 heavy (non-hydrogen) atoms. The number of nitrogens with one attached hydrogen (secondary N) is 2. The first-order valence-corrected chi connectivity index (χ1v) is 6.84. The molecule has 0 saturated carbocycles. The topological polar surface area (TPSA) is 78.1 Å². The summed E-state index contributed by atoms with van der Waals surface area (Å²) in [5.74, 6) is -0.338. The zero-order chi connectivity index (χ0) is 14.8. The highest BCUT2D eigenvalue weighted by Gasteiger charge is 2.15. The number of hydrogen-bond acceptors (Lipinski definition) is 4. The van der Waals surface area contributed by atoms with Gasteiger partial charge in [0.2, 0.25) is 0 Å². The number of aryl methyl sites for hydroxylation is 1. The van der Waals surface area contributed by atoms with E-state index in [1.165, 1.54) is 23.4 Å². The largest absolute Gasteiger partial charge is 0.374 e. The number of H-pyrrole nitrogens is 1. The van der Waals surface area contributed by atoms with Gasteiger partial charge in [0.25, 0.3) is 11.5 Å². The van der Waals surface area contributed by atoms with Gasteiger partial charge in [-0.15, -0.1) is 0 Å². The van der Waals surface area contributed by atoms with Crippen LogP contribution < -0.4 is 15.8 Å². The number of carbonyl (C=O) groups excluding carboxylic acids is 1. The third kappa shape index (κ3) is 2.79. The molecule has 0 atom stereocenters. The molecule has 1 amide bonds. The molecule has 2 heterocycles. The number of carbonyl (C=O) groups is 1. The van der Waals surface area contributed by atoms with Gasteiger partial charge in [-0.3, -0.25) is 9.59 Å². The Kier molecular flexibility index (Phi) is 3.43. The van der Waals surface area contributed by atoms with E-state index in [0.29, 0.717) is 0 Å². The second kappa shape index (κ2) is 5.40. The molecule has 1 aromatic heterocycles. The van der Waals surface area contributed by atoms with Crippen molar-refractivity contribution in [2.75, 3.05) is 23.8 Å². The minimum Gasteiger partial charge on any atom is -0.374 e. The van der Waals surface area contributed by atoms with Gasteiger partial charge in [0.15, 0.2) is 0 Å². The van der Waals surface area contributed by atoms with Crippen molar-refractivity contribution in [2.45, 2.75) is 12.8 Å². The number of hydrogen-bond donors (Lipinski definition) is 2. The van der Waals surface area contributed by atoms with Crippen LogP contribution in [0.5, 0.6) is 0 Å². The van der Waals surface area contributed by atoms with Crippen molar-refractivity contribution in [2.24, 2.45) is 0 Å². The average Bonchev–Trinajstić information content (AvgIpc) is 2.48. The van der Waals surface area contributed by atoms with Crippen LogP contribution in [0.3, 0.4) is 0 Å². The van der Waals surface area contributed by atoms with Crippen molar-refractivity contribution in [1.82, 2.24) is 10.2 Å². The predicted octanol–water partition coefficient (Wildman–Crippen LogP) is 1.40. The molecule has 2 aromatic rings. The highest BCUT2D eigenvalue weighted by Crippen LogP contribution is 2.28. The summed E-state index contributed by atoms with van der Waals surface area (Å²) in [5.41, 5.74) is 3.03. The molecule has 0 spiro atoms. The number of nitrogens with zero attached hydrogens (tertiary/aromatic N) is 2. The number of benzene rings is 1. The summed E-state index contributed by atoms with van der Waals surface area (Å²) in [6, 6.07) is 8.58. The van der Waals surface area contributed by atoms with Crippen LogP contribution in [-0.2, 0) is 6.42 Å². The summed E-state index contributed by atoms with van der Waals surface area (Å²) in [4.78, 5) is 25.2. The Balaban J connectivity index is 1.80. The van der Waals surface area contributed by atoms with Crippen molar-refractivity contribution in [1.29, 1.82) is 0 Å². The molecule has 0 radical (unpaired) electrons. The fourth-order valence-corrected chi connectivity index (χ4v) is 2.53. The third-order valence-electron chi connectivity index (χ3n) is 3.60. The van der Waals surface area contributed by atoms with E-state index in [9.17, 15) is 9.59 Å². The highest BCUT2D eigenvalue weighted by atomic mass is 16.2. The maximum Gasteiger partial charge on any atom is 0.276 e. The van der Waals surface area contributed by atoms with Crippen LogP contribution in [-0.4, -0.2) is 29.7 Å². The first-order chi connectivity index (χ1) is 10.1. The first-order valence-electron chi connectivity index (χ1n) is 6.84. The van der Waals surface area contributed by atoms with Crippen LogP contribution in [0.15, 0.2) is 35.1 Å². The van der Waals surface area contributed by atoms with E-state index >= 15 is 0 Å². The van der Waals surface area contributed by atoms with Gasteiger partial charge in [-0.1, -0.05) is 0 Å². The Labute approximate surface area is 121 Å². The van der Waals surface area contributed by atoms with Gasteiger partial charge in [0.05, 0.1) is 0 Å². The van der Waals surface area contributed by atoms with E-state index in [-0.39, 0.29) is 17.2 Å². The Morgan fingerprint density at radius 2 is 2.19 bits per heavy atom. The lowest BCUT2D eigenvalue weighted by Crippen LogP contribution is -2.24. The lowest BCUT2D eigenvalue weighted by atomic mass is 10.0. The predicted molar refractivity (Wildman–Crippen MR) is 80.8 cm³/mol. The van der Waals surface area contributed by atoms with Crippen LogP contribution in [0, 0.1) is 0 Å². The third-order valence-corrected chi connectivity index (χ3v) is 3.60. The lowest BCUT2D eigenvalue weighted by Gasteiger charge is -2.27. The summed E-state index contributed by atoms with van der Waals surface area (Å²) in [5, 5.41) is 8.77. The Hall–Kier alpha value is -2.63. The summed E-state index contributed by atoms with van der Waals surface area (Å²) < 4.78 is 0. The van der Waals surface area contributed by atoms with Gasteiger partial charge in [0, 0.05) is 31.0 Å². The van der Waals surface area contributed by atoms with Gasteiger partial charge in [-0.2, -0.15) is 5.10 Å². The molecule has 6 nitrogen and oxygen atoms in total. The van der Waals surface area contributed by atoms with E-state index < -0.39 is 0 Å². The number of fused-ring (bicyclic) bond motifs is 1. The monoisotopic (exact) mass is 284 g/mol. The fourth-order valence-electron chi connectivity index (χ4n) is 2.53. The molecule has 0 aliphatic carbocycles. The van der Waals surface area contributed by atoms with Crippen LogP contribution in [0.4, 0.5) is 11.4 Å². The Morgan fingerprint density at radius 1 is 1.33 bits per heavy atom. The maximum absolute atomic E-state index is 12.1. The number of rotatable bonds is 2. The normalized spacial score (nSPS) is 13.7. The summed E-state index contributed by atoms with van der Waals surface area (Å²) in [6.45, 7) is 1.06. The first kappa shape index (κ1) is 13.4. The average molecular weight is 284 g/mol. The number of aromatic amines is 1. The van der Waals surface area contributed by atoms with Crippen molar-refractivity contribution >= 4 is 17.3 Å². The summed E-state index contributed by atoms with van der Waals surface area (Å²) >= 11 is 0. The molecule has 0 saturated heterocycles. The van der Waals surface area contributed by atoms with Gasteiger partial charge < -0.3 is 10.2 Å². The molecule has 0 bridgehead atoms. The molecule has 0 fully saturated rings. The SMILES string of the molecule is CN1CCCc2cc(NC(=O)c3ccc(=O)[nH]n3)ccc21. The smallest absolute Gasteiger partial charge is 0.276 e. The Bertz CT molecular complexity index is 718. The van der Waals surface area contributed by atoms with Crippen LogP contribution in [0.1, 0.15) is 22.5 Å². The molecular formula is C15H16N4O2. The van der Waals surface area contributed by atoms with Crippen molar-refractivity contribution in [3.63, 3.8) is 0 Å². The molecule has 1 aliphatic heterocycles. The Morgan fingerprint density at radius 3 is 2.95 bits per heavy atom. The molecule has 6 heteroatoms. The zero-order valence-electron chi connectivity index (χ0n) is 11.7. The second-order valence-electron chi connectivity index (χ2n) is 5.13. The quantitative estimate of drug-likeness (QED) is 0.874. The fraction of sp³-hybridized carbons (Fsp3) is 0.267. The van der Waals surface area contributed by atoms with Crippen molar-refractivity contribution in [3.05, 3.63) is 51.9 Å². The number of aromatic nitrogens is 2. The number of anilines is 2. The maximum atomic E-state index is 12.1. The minimum absolute atomic E-state index is 0.185. The second-order valence-corrected chi connectivity index (χ2v) is 5.13. The van der Waals surface area contributed by atoms with E-state index in [0.717, 1.165) is 25.1 Å². The zero-order valence-corrected chi connectivity index (χ0v) is 11.7. The van der Waals surface area contributed by atoms with E-state index in [4.69, 9.17) is 0 Å². The van der Waals surface area contributed by atoms with E-state index in [1.807, 2.05) is 18.2 Å². The van der Waals surface area contributed by atoms with Gasteiger partial charge in [-0.05, 0) is 42.7 Å². The van der Waals surface area contributed by atoms with Gasteiger partial charge >= 0.3 is 0 Å². The van der Waals surface area contributed by atoms with Gasteiger partial charge in [0.1, 0.15) is 5.69 Å².